The van der Waals surface area contributed by atoms with Crippen molar-refractivity contribution in [2.24, 2.45) is 0 Å². The molecule has 6 nitrogen and oxygen atoms in total. The number of aliphatic carboxylic acids is 1. The lowest BCUT2D eigenvalue weighted by atomic mass is 10.5. The number of hydrogen-bond donors (Lipinski definition) is 3. The minimum atomic E-state index is -1.14. The number of carbonyl (C=O) groups is 2. The molecule has 6 heteroatoms. The molecule has 0 fully saturated rings. The first-order chi connectivity index (χ1) is 7.08. The standard InChI is InChI=1S/C6H10O3.C3H4O3/c1-2-6(8)9-5-3-4-7;4-2-1-3(5)6/h2,7H,1,3-5H2;1-2,4H,(H,5,6). The summed E-state index contributed by atoms with van der Waals surface area (Å²) in [5.74, 6) is -1.58. The average molecular weight is 218 g/mol. The number of carboxylic acid groups (broad SMARTS) is 1. The summed E-state index contributed by atoms with van der Waals surface area (Å²) in [7, 11) is 0. The lowest BCUT2D eigenvalue weighted by Gasteiger charge is -1.96. The fourth-order valence-corrected chi connectivity index (χ4v) is 0.360. The van der Waals surface area contributed by atoms with Gasteiger partial charge in [0.2, 0.25) is 0 Å². The SMILES string of the molecule is C=CC(=O)OCCCO.O=C(O)C=CO. The monoisotopic (exact) mass is 218 g/mol. The molecule has 0 amide bonds. The molecule has 0 bridgehead atoms. The van der Waals surface area contributed by atoms with Crippen LogP contribution in [0.15, 0.2) is 25.0 Å². The molecule has 0 aromatic rings. The molecule has 15 heavy (non-hydrogen) atoms. The number of carboxylic acids is 1. The van der Waals surface area contributed by atoms with Gasteiger partial charge in [-0.1, -0.05) is 6.58 Å². The number of carbonyl (C=O) groups excluding carboxylic acids is 1. The second-order valence-electron chi connectivity index (χ2n) is 2.10. The van der Waals surface area contributed by atoms with E-state index in [1.807, 2.05) is 0 Å². The van der Waals surface area contributed by atoms with E-state index in [0.717, 1.165) is 6.08 Å². The highest BCUT2D eigenvalue weighted by Crippen LogP contribution is 1.82. The Hall–Kier alpha value is -1.82. The van der Waals surface area contributed by atoms with E-state index in [0.29, 0.717) is 18.8 Å². The lowest BCUT2D eigenvalue weighted by molar-refractivity contribution is -0.138. The molecule has 0 unspecified atom stereocenters. The van der Waals surface area contributed by atoms with E-state index in [9.17, 15) is 9.59 Å². The van der Waals surface area contributed by atoms with Gasteiger partial charge in [0.05, 0.1) is 18.9 Å². The number of aliphatic hydroxyl groups is 2. The Morgan fingerprint density at radius 3 is 2.27 bits per heavy atom. The van der Waals surface area contributed by atoms with E-state index in [1.165, 1.54) is 0 Å². The summed E-state index contributed by atoms with van der Waals surface area (Å²) >= 11 is 0. The van der Waals surface area contributed by atoms with Gasteiger partial charge >= 0.3 is 11.9 Å². The van der Waals surface area contributed by atoms with Gasteiger partial charge in [-0.15, -0.1) is 0 Å². The molecule has 0 heterocycles. The van der Waals surface area contributed by atoms with Crippen LogP contribution in [0.3, 0.4) is 0 Å². The van der Waals surface area contributed by atoms with Crippen LogP contribution in [0.1, 0.15) is 6.42 Å². The maximum absolute atomic E-state index is 10.3. The molecule has 0 aliphatic carbocycles. The molecule has 0 spiro atoms. The van der Waals surface area contributed by atoms with Crippen LogP contribution in [0.2, 0.25) is 0 Å². The van der Waals surface area contributed by atoms with Crippen molar-refractivity contribution < 1.29 is 29.6 Å². The van der Waals surface area contributed by atoms with Crippen LogP contribution in [-0.2, 0) is 14.3 Å². The highest BCUT2D eigenvalue weighted by Gasteiger charge is 1.91. The fourth-order valence-electron chi connectivity index (χ4n) is 0.360. The fraction of sp³-hybridized carbons (Fsp3) is 0.333. The summed E-state index contributed by atoms with van der Waals surface area (Å²) in [5.41, 5.74) is 0. The normalized spacial score (nSPS) is 8.87. The molecule has 86 valence electrons. The van der Waals surface area contributed by atoms with Gasteiger partial charge in [-0.2, -0.15) is 0 Å². The predicted molar refractivity (Wildman–Crippen MR) is 52.3 cm³/mol. The van der Waals surface area contributed by atoms with Crippen molar-refractivity contribution in [3.05, 3.63) is 25.0 Å². The van der Waals surface area contributed by atoms with Crippen LogP contribution >= 0.6 is 0 Å². The lowest BCUT2D eigenvalue weighted by Crippen LogP contribution is -2.02. The smallest absolute Gasteiger partial charge is 0.331 e. The van der Waals surface area contributed by atoms with Gasteiger partial charge in [0, 0.05) is 19.1 Å². The molecule has 0 aliphatic heterocycles. The second-order valence-corrected chi connectivity index (χ2v) is 2.10. The van der Waals surface area contributed by atoms with Crippen LogP contribution < -0.4 is 0 Å². The molecule has 0 aliphatic rings. The summed E-state index contributed by atoms with van der Waals surface area (Å²) < 4.78 is 4.51. The molecule has 3 N–H and O–H groups in total. The molecule has 0 atom stereocenters. The third-order valence-corrected chi connectivity index (χ3v) is 0.931. The van der Waals surface area contributed by atoms with Gasteiger partial charge in [-0.05, 0) is 0 Å². The Kier molecular flexibility index (Phi) is 12.7. The van der Waals surface area contributed by atoms with E-state index in [1.54, 1.807) is 0 Å². The Labute approximate surface area is 87.1 Å². The zero-order valence-electron chi connectivity index (χ0n) is 8.13. The predicted octanol–water partition coefficient (Wildman–Crippen LogP) is 0.241. The van der Waals surface area contributed by atoms with Crippen LogP contribution in [0.4, 0.5) is 0 Å². The van der Waals surface area contributed by atoms with E-state index < -0.39 is 11.9 Å². The number of ether oxygens (including phenoxy) is 1. The Morgan fingerprint density at radius 1 is 1.40 bits per heavy atom. The topological polar surface area (TPSA) is 104 Å². The van der Waals surface area contributed by atoms with Crippen LogP contribution in [0, 0.1) is 0 Å². The minimum absolute atomic E-state index is 0.0461. The number of rotatable bonds is 5. The van der Waals surface area contributed by atoms with Gasteiger partial charge in [0.1, 0.15) is 0 Å². The molecule has 0 saturated carbocycles. The van der Waals surface area contributed by atoms with Gasteiger partial charge in [-0.25, -0.2) is 9.59 Å². The Bertz CT molecular complexity index is 221. The summed E-state index contributed by atoms with van der Waals surface area (Å²) in [6, 6.07) is 0. The maximum atomic E-state index is 10.3. The van der Waals surface area contributed by atoms with Gasteiger partial charge in [0.15, 0.2) is 0 Å². The van der Waals surface area contributed by atoms with Crippen molar-refractivity contribution in [2.75, 3.05) is 13.2 Å². The zero-order valence-corrected chi connectivity index (χ0v) is 8.13. The van der Waals surface area contributed by atoms with Crippen molar-refractivity contribution in [1.29, 1.82) is 0 Å². The summed E-state index contributed by atoms with van der Waals surface area (Å²) in [6.45, 7) is 3.51. The molecule has 0 aromatic carbocycles. The van der Waals surface area contributed by atoms with Gasteiger partial charge < -0.3 is 20.1 Å². The molecule has 0 saturated heterocycles. The first-order valence-electron chi connectivity index (χ1n) is 4.02. The number of aliphatic hydroxyl groups excluding tert-OH is 2. The third kappa shape index (κ3) is 18.9. The van der Waals surface area contributed by atoms with E-state index in [-0.39, 0.29) is 13.2 Å². The van der Waals surface area contributed by atoms with Gasteiger partial charge in [-0.3, -0.25) is 0 Å². The third-order valence-electron chi connectivity index (χ3n) is 0.931. The number of esters is 1. The maximum Gasteiger partial charge on any atom is 0.331 e. The van der Waals surface area contributed by atoms with Crippen molar-refractivity contribution in [2.45, 2.75) is 6.42 Å². The molecular formula is C9H14O6. The average Bonchev–Trinajstić information content (AvgIpc) is 2.18. The largest absolute Gasteiger partial charge is 0.515 e. The van der Waals surface area contributed by atoms with Crippen molar-refractivity contribution >= 4 is 11.9 Å². The van der Waals surface area contributed by atoms with E-state index in [2.05, 4.69) is 11.3 Å². The van der Waals surface area contributed by atoms with Crippen LogP contribution in [0.5, 0.6) is 0 Å². The highest BCUT2D eigenvalue weighted by molar-refractivity contribution is 5.81. The second kappa shape index (κ2) is 12.2. The van der Waals surface area contributed by atoms with Crippen molar-refractivity contribution in [1.82, 2.24) is 0 Å². The highest BCUT2D eigenvalue weighted by atomic mass is 16.5. The summed E-state index contributed by atoms with van der Waals surface area (Å²) in [6.07, 6.45) is 2.69. The first-order valence-corrected chi connectivity index (χ1v) is 4.02. The molecule has 0 rings (SSSR count). The molecule has 0 radical (unpaired) electrons. The quantitative estimate of drug-likeness (QED) is 0.264. The number of hydrogen-bond acceptors (Lipinski definition) is 5. The molecular weight excluding hydrogens is 204 g/mol. The van der Waals surface area contributed by atoms with E-state index in [4.69, 9.17) is 15.3 Å². The van der Waals surface area contributed by atoms with Crippen LogP contribution in [0.25, 0.3) is 0 Å². The summed E-state index contributed by atoms with van der Waals surface area (Å²) in [5, 5.41) is 23.6. The zero-order chi connectivity index (χ0) is 12.1. The van der Waals surface area contributed by atoms with E-state index >= 15 is 0 Å². The minimum Gasteiger partial charge on any atom is -0.515 e. The first kappa shape index (κ1) is 15.6. The molecule has 0 aromatic heterocycles. The van der Waals surface area contributed by atoms with Crippen LogP contribution in [-0.4, -0.2) is 40.5 Å². The van der Waals surface area contributed by atoms with Gasteiger partial charge in [0.25, 0.3) is 0 Å². The van der Waals surface area contributed by atoms with Crippen molar-refractivity contribution in [3.63, 3.8) is 0 Å². The Morgan fingerprint density at radius 2 is 2.00 bits per heavy atom. The Balaban J connectivity index is 0. The summed E-state index contributed by atoms with van der Waals surface area (Å²) in [4.78, 5) is 19.6. The van der Waals surface area contributed by atoms with Crippen molar-refractivity contribution in [3.8, 4) is 0 Å².